The highest BCUT2D eigenvalue weighted by atomic mass is 35.5. The van der Waals surface area contributed by atoms with Crippen molar-refractivity contribution in [3.63, 3.8) is 0 Å². The van der Waals surface area contributed by atoms with Gasteiger partial charge < -0.3 is 10.1 Å². The molecule has 2 aromatic carbocycles. The third-order valence-corrected chi connectivity index (χ3v) is 4.08. The van der Waals surface area contributed by atoms with E-state index in [-0.39, 0.29) is 5.11 Å². The van der Waals surface area contributed by atoms with Gasteiger partial charge in [-0.25, -0.2) is 4.79 Å². The zero-order valence-electron chi connectivity index (χ0n) is 13.1. The van der Waals surface area contributed by atoms with E-state index in [2.05, 4.69) is 15.4 Å². The van der Waals surface area contributed by atoms with Crippen molar-refractivity contribution in [1.29, 1.82) is 0 Å². The highest BCUT2D eigenvalue weighted by molar-refractivity contribution is 7.80. The Labute approximate surface area is 160 Å². The first-order valence-corrected chi connectivity index (χ1v) is 8.28. The number of amides is 1. The van der Waals surface area contributed by atoms with Gasteiger partial charge in [0.1, 0.15) is 0 Å². The summed E-state index contributed by atoms with van der Waals surface area (Å²) < 4.78 is 4.60. The standard InChI is InChI=1S/C17H14Cl2N2O3S/c1-24-16(23)11-4-2-10(3-5-11)15(22)21-17(25)20-9-12-6-7-13(18)8-14(12)19/h2-8H,9H2,1H3,(H2,20,21,22,25). The van der Waals surface area contributed by atoms with Crippen LogP contribution < -0.4 is 10.6 Å². The van der Waals surface area contributed by atoms with Crippen molar-refractivity contribution < 1.29 is 14.3 Å². The molecule has 2 N–H and O–H groups in total. The maximum Gasteiger partial charge on any atom is 0.337 e. The van der Waals surface area contributed by atoms with Crippen LogP contribution in [-0.2, 0) is 11.3 Å². The van der Waals surface area contributed by atoms with E-state index in [1.54, 1.807) is 18.2 Å². The van der Waals surface area contributed by atoms with Gasteiger partial charge in [0, 0.05) is 22.2 Å². The summed E-state index contributed by atoms with van der Waals surface area (Å²) in [5.74, 6) is -0.861. The van der Waals surface area contributed by atoms with E-state index in [0.29, 0.717) is 27.7 Å². The molecule has 0 aliphatic rings. The molecule has 2 aromatic rings. The number of hydrogen-bond acceptors (Lipinski definition) is 4. The topological polar surface area (TPSA) is 67.4 Å². The predicted octanol–water partition coefficient (Wildman–Crippen LogP) is 3.58. The second-order valence-electron chi connectivity index (χ2n) is 4.94. The van der Waals surface area contributed by atoms with Gasteiger partial charge in [-0.3, -0.25) is 10.1 Å². The van der Waals surface area contributed by atoms with E-state index in [9.17, 15) is 9.59 Å². The van der Waals surface area contributed by atoms with Gasteiger partial charge in [0.05, 0.1) is 12.7 Å². The van der Waals surface area contributed by atoms with Gasteiger partial charge in [-0.1, -0.05) is 29.3 Å². The van der Waals surface area contributed by atoms with Crippen LogP contribution in [0.15, 0.2) is 42.5 Å². The summed E-state index contributed by atoms with van der Waals surface area (Å²) in [7, 11) is 1.29. The van der Waals surface area contributed by atoms with E-state index in [0.717, 1.165) is 5.56 Å². The number of hydrogen-bond donors (Lipinski definition) is 2. The number of benzene rings is 2. The van der Waals surface area contributed by atoms with Crippen LogP contribution in [0.25, 0.3) is 0 Å². The van der Waals surface area contributed by atoms with Gasteiger partial charge in [0.2, 0.25) is 0 Å². The minimum Gasteiger partial charge on any atom is -0.465 e. The van der Waals surface area contributed by atoms with Crippen LogP contribution in [0.1, 0.15) is 26.3 Å². The quantitative estimate of drug-likeness (QED) is 0.610. The third-order valence-electron chi connectivity index (χ3n) is 3.25. The molecule has 25 heavy (non-hydrogen) atoms. The lowest BCUT2D eigenvalue weighted by molar-refractivity contribution is 0.0600. The molecule has 0 heterocycles. The van der Waals surface area contributed by atoms with Crippen LogP contribution in [-0.4, -0.2) is 24.1 Å². The van der Waals surface area contributed by atoms with E-state index < -0.39 is 11.9 Å². The summed E-state index contributed by atoms with van der Waals surface area (Å²) in [5, 5.41) is 6.66. The van der Waals surface area contributed by atoms with Crippen LogP contribution in [0, 0.1) is 0 Å². The Morgan fingerprint density at radius 2 is 1.72 bits per heavy atom. The monoisotopic (exact) mass is 396 g/mol. The van der Waals surface area contributed by atoms with E-state index in [1.807, 2.05) is 0 Å². The molecule has 0 bridgehead atoms. The molecule has 0 saturated carbocycles. The summed E-state index contributed by atoms with van der Waals surface area (Å²) in [4.78, 5) is 23.5. The van der Waals surface area contributed by atoms with Crippen LogP contribution in [0.4, 0.5) is 0 Å². The minimum atomic E-state index is -0.469. The molecule has 1 amide bonds. The lowest BCUT2D eigenvalue weighted by Crippen LogP contribution is -2.38. The van der Waals surface area contributed by atoms with E-state index in [1.165, 1.54) is 31.4 Å². The summed E-state index contributed by atoms with van der Waals surface area (Å²) >= 11 is 17.0. The van der Waals surface area contributed by atoms with Crippen molar-refractivity contribution in [3.05, 3.63) is 69.2 Å². The average Bonchev–Trinajstić information content (AvgIpc) is 2.60. The fourth-order valence-electron chi connectivity index (χ4n) is 1.94. The molecule has 0 radical (unpaired) electrons. The first-order valence-electron chi connectivity index (χ1n) is 7.12. The molecule has 5 nitrogen and oxygen atoms in total. The molecule has 0 aromatic heterocycles. The van der Waals surface area contributed by atoms with Gasteiger partial charge in [-0.15, -0.1) is 0 Å². The van der Waals surface area contributed by atoms with Crippen LogP contribution >= 0.6 is 35.4 Å². The van der Waals surface area contributed by atoms with Crippen molar-refractivity contribution in [2.24, 2.45) is 0 Å². The zero-order chi connectivity index (χ0) is 18.4. The molecule has 0 atom stereocenters. The maximum absolute atomic E-state index is 12.1. The van der Waals surface area contributed by atoms with Crippen LogP contribution in [0.3, 0.4) is 0 Å². The largest absolute Gasteiger partial charge is 0.465 e. The molecule has 0 aliphatic heterocycles. The van der Waals surface area contributed by atoms with Crippen LogP contribution in [0.2, 0.25) is 10.0 Å². The Morgan fingerprint density at radius 1 is 1.08 bits per heavy atom. The average molecular weight is 397 g/mol. The molecule has 0 fully saturated rings. The summed E-state index contributed by atoms with van der Waals surface area (Å²) in [6.45, 7) is 0.344. The Bertz CT molecular complexity index is 810. The first kappa shape index (κ1) is 19.2. The molecule has 130 valence electrons. The lowest BCUT2D eigenvalue weighted by atomic mass is 10.1. The Hall–Kier alpha value is -2.15. The number of methoxy groups -OCH3 is 1. The van der Waals surface area contributed by atoms with Gasteiger partial charge in [0.25, 0.3) is 5.91 Å². The first-order chi connectivity index (χ1) is 11.9. The molecule has 8 heteroatoms. The van der Waals surface area contributed by atoms with Gasteiger partial charge in [-0.2, -0.15) is 0 Å². The summed E-state index contributed by atoms with van der Waals surface area (Å²) in [6.07, 6.45) is 0. The predicted molar refractivity (Wildman–Crippen MR) is 101 cm³/mol. The number of halogens is 2. The minimum absolute atomic E-state index is 0.160. The SMILES string of the molecule is COC(=O)c1ccc(C(=O)NC(=S)NCc2ccc(Cl)cc2Cl)cc1. The molecular formula is C17H14Cl2N2O3S. The number of thiocarbonyl (C=S) groups is 1. The highest BCUT2D eigenvalue weighted by Crippen LogP contribution is 2.20. The Morgan fingerprint density at radius 3 is 2.32 bits per heavy atom. The normalized spacial score (nSPS) is 10.0. The molecule has 0 aliphatic carbocycles. The molecule has 2 rings (SSSR count). The Kier molecular flexibility index (Phi) is 6.75. The number of ether oxygens (including phenoxy) is 1. The fourth-order valence-corrected chi connectivity index (χ4v) is 2.58. The van der Waals surface area contributed by atoms with Crippen molar-refractivity contribution >= 4 is 52.4 Å². The van der Waals surface area contributed by atoms with Crippen molar-refractivity contribution in [2.45, 2.75) is 6.54 Å². The second kappa shape index (κ2) is 8.80. The number of nitrogens with one attached hydrogen (secondary N) is 2. The highest BCUT2D eigenvalue weighted by Gasteiger charge is 2.10. The van der Waals surface area contributed by atoms with Crippen molar-refractivity contribution in [2.75, 3.05) is 7.11 Å². The lowest BCUT2D eigenvalue weighted by Gasteiger charge is -2.11. The molecule has 0 spiro atoms. The van der Waals surface area contributed by atoms with Gasteiger partial charge in [-0.05, 0) is 54.2 Å². The van der Waals surface area contributed by atoms with Crippen LogP contribution in [0.5, 0.6) is 0 Å². The summed E-state index contributed by atoms with van der Waals surface area (Å²) in [5.41, 5.74) is 1.52. The maximum atomic E-state index is 12.1. The van der Waals surface area contributed by atoms with E-state index in [4.69, 9.17) is 35.4 Å². The second-order valence-corrected chi connectivity index (χ2v) is 6.19. The van der Waals surface area contributed by atoms with E-state index >= 15 is 0 Å². The third kappa shape index (κ3) is 5.42. The number of carbonyl (C=O) groups is 2. The zero-order valence-corrected chi connectivity index (χ0v) is 15.5. The van der Waals surface area contributed by atoms with Gasteiger partial charge >= 0.3 is 5.97 Å². The molecular weight excluding hydrogens is 383 g/mol. The van der Waals surface area contributed by atoms with Gasteiger partial charge in [0.15, 0.2) is 5.11 Å². The number of esters is 1. The number of carbonyl (C=O) groups excluding carboxylic acids is 2. The smallest absolute Gasteiger partial charge is 0.337 e. The fraction of sp³-hybridized carbons (Fsp3) is 0.118. The van der Waals surface area contributed by atoms with Crippen molar-refractivity contribution in [3.8, 4) is 0 Å². The van der Waals surface area contributed by atoms with Crippen molar-refractivity contribution in [1.82, 2.24) is 10.6 Å². The molecule has 0 unspecified atom stereocenters. The number of rotatable bonds is 4. The molecule has 0 saturated heterocycles. The Balaban J connectivity index is 1.91. The summed E-state index contributed by atoms with van der Waals surface area (Å²) in [6, 6.07) is 11.2.